The molecule has 1 aromatic carbocycles. The van der Waals surface area contributed by atoms with Gasteiger partial charge in [-0.1, -0.05) is 19.9 Å². The first-order chi connectivity index (χ1) is 9.15. The van der Waals surface area contributed by atoms with Crippen LogP contribution in [0.4, 0.5) is 11.4 Å². The van der Waals surface area contributed by atoms with Crippen LogP contribution in [0.1, 0.15) is 19.5 Å². The van der Waals surface area contributed by atoms with E-state index < -0.39 is 0 Å². The zero-order chi connectivity index (χ0) is 13.7. The van der Waals surface area contributed by atoms with Gasteiger partial charge in [0.2, 0.25) is 5.91 Å². The van der Waals surface area contributed by atoms with Gasteiger partial charge in [-0.25, -0.2) is 0 Å². The second-order valence-corrected chi connectivity index (χ2v) is 4.77. The van der Waals surface area contributed by atoms with Gasteiger partial charge in [-0.2, -0.15) is 0 Å². The van der Waals surface area contributed by atoms with E-state index >= 15 is 0 Å². The summed E-state index contributed by atoms with van der Waals surface area (Å²) in [6.07, 6.45) is 1.90. The first-order valence-electron chi connectivity index (χ1n) is 6.42. The summed E-state index contributed by atoms with van der Waals surface area (Å²) in [4.78, 5) is 14.8. The number of carbonyl (C=O) groups is 1. The van der Waals surface area contributed by atoms with Crippen molar-refractivity contribution in [3.8, 4) is 0 Å². The molecule has 0 aliphatic carbocycles. The third-order valence-electron chi connectivity index (χ3n) is 2.80. The van der Waals surface area contributed by atoms with E-state index in [0.717, 1.165) is 23.6 Å². The summed E-state index contributed by atoms with van der Waals surface area (Å²) >= 11 is 0. The Balaban J connectivity index is 1.97. The van der Waals surface area contributed by atoms with Crippen molar-refractivity contribution in [1.29, 1.82) is 0 Å². The highest BCUT2D eigenvalue weighted by molar-refractivity contribution is 5.92. The molecule has 1 heterocycles. The summed E-state index contributed by atoms with van der Waals surface area (Å²) in [5.74, 6) is 0.0112. The van der Waals surface area contributed by atoms with Gasteiger partial charge in [0, 0.05) is 29.2 Å². The van der Waals surface area contributed by atoms with Crippen molar-refractivity contribution in [2.45, 2.75) is 20.4 Å². The monoisotopic (exact) mass is 257 g/mol. The lowest BCUT2D eigenvalue weighted by atomic mass is 10.2. The summed E-state index contributed by atoms with van der Waals surface area (Å²) in [6, 6.07) is 11.7. The van der Waals surface area contributed by atoms with Crippen LogP contribution in [0.2, 0.25) is 0 Å². The highest BCUT2D eigenvalue weighted by Gasteiger charge is 2.07. The van der Waals surface area contributed by atoms with Crippen molar-refractivity contribution >= 4 is 17.3 Å². The molecule has 3 N–H and O–H groups in total. The molecule has 0 saturated heterocycles. The molecule has 0 aliphatic heterocycles. The Morgan fingerprint density at radius 2 is 2.00 bits per heavy atom. The van der Waals surface area contributed by atoms with Crippen molar-refractivity contribution in [3.63, 3.8) is 0 Å². The van der Waals surface area contributed by atoms with Crippen LogP contribution in [-0.2, 0) is 11.3 Å². The minimum atomic E-state index is -0.0180. The van der Waals surface area contributed by atoms with Gasteiger partial charge in [-0.05, 0) is 30.3 Å². The second-order valence-electron chi connectivity index (χ2n) is 4.77. The Hall–Kier alpha value is -2.23. The van der Waals surface area contributed by atoms with Crippen LogP contribution in [-0.4, -0.2) is 10.9 Å². The van der Waals surface area contributed by atoms with Gasteiger partial charge in [-0.15, -0.1) is 0 Å². The van der Waals surface area contributed by atoms with E-state index in [0.29, 0.717) is 0 Å². The van der Waals surface area contributed by atoms with E-state index in [9.17, 15) is 4.79 Å². The molecule has 0 radical (unpaired) electrons. The maximum atomic E-state index is 11.6. The normalized spacial score (nSPS) is 10.5. The number of hydrogen-bond acceptors (Lipinski definition) is 2. The molecule has 1 aromatic heterocycles. The fourth-order valence-corrected chi connectivity index (χ4v) is 1.67. The van der Waals surface area contributed by atoms with Crippen LogP contribution in [0.15, 0.2) is 42.6 Å². The molecule has 0 saturated carbocycles. The van der Waals surface area contributed by atoms with Gasteiger partial charge in [0.15, 0.2) is 0 Å². The first kappa shape index (κ1) is 13.2. The molecule has 2 rings (SSSR count). The molecule has 2 aromatic rings. The molecule has 4 nitrogen and oxygen atoms in total. The van der Waals surface area contributed by atoms with Gasteiger partial charge < -0.3 is 15.6 Å². The zero-order valence-electron chi connectivity index (χ0n) is 11.2. The number of amides is 1. The van der Waals surface area contributed by atoms with Crippen molar-refractivity contribution in [3.05, 3.63) is 48.3 Å². The number of anilines is 2. The third kappa shape index (κ3) is 3.88. The molecule has 1 amide bonds. The van der Waals surface area contributed by atoms with Crippen molar-refractivity contribution in [2.75, 3.05) is 10.6 Å². The molecule has 100 valence electrons. The molecular weight excluding hydrogens is 238 g/mol. The number of hydrogen-bond donors (Lipinski definition) is 3. The van der Waals surface area contributed by atoms with Crippen LogP contribution in [0.25, 0.3) is 0 Å². The van der Waals surface area contributed by atoms with Crippen molar-refractivity contribution < 1.29 is 4.79 Å². The summed E-state index contributed by atoms with van der Waals surface area (Å²) < 4.78 is 0. The highest BCUT2D eigenvalue weighted by Crippen LogP contribution is 2.16. The van der Waals surface area contributed by atoms with E-state index in [1.54, 1.807) is 0 Å². The SMILES string of the molecule is CC(C)C(=O)Nc1cccc(NCc2ccc[nH]2)c1. The van der Waals surface area contributed by atoms with E-state index in [2.05, 4.69) is 15.6 Å². The van der Waals surface area contributed by atoms with Crippen LogP contribution in [0, 0.1) is 5.92 Å². The molecule has 0 aliphatic rings. The summed E-state index contributed by atoms with van der Waals surface area (Å²) in [6.45, 7) is 4.49. The summed E-state index contributed by atoms with van der Waals surface area (Å²) in [5.41, 5.74) is 2.92. The predicted octanol–water partition coefficient (Wildman–Crippen LogP) is 3.22. The number of H-pyrrole nitrogens is 1. The number of aromatic amines is 1. The predicted molar refractivity (Wildman–Crippen MR) is 78.0 cm³/mol. The highest BCUT2D eigenvalue weighted by atomic mass is 16.1. The van der Waals surface area contributed by atoms with Crippen molar-refractivity contribution in [2.24, 2.45) is 5.92 Å². The Morgan fingerprint density at radius 3 is 2.68 bits per heavy atom. The fraction of sp³-hybridized carbons (Fsp3) is 0.267. The molecule has 0 spiro atoms. The Labute approximate surface area is 113 Å². The number of benzene rings is 1. The molecule has 0 bridgehead atoms. The van der Waals surface area contributed by atoms with Gasteiger partial charge >= 0.3 is 0 Å². The van der Waals surface area contributed by atoms with Crippen LogP contribution in [0.5, 0.6) is 0 Å². The molecular formula is C15H19N3O. The standard InChI is InChI=1S/C15H19N3O/c1-11(2)15(19)18-13-6-3-5-12(9-13)17-10-14-7-4-8-16-14/h3-9,11,16-17H,10H2,1-2H3,(H,18,19). The van der Waals surface area contributed by atoms with Gasteiger partial charge in [0.25, 0.3) is 0 Å². The summed E-state index contributed by atoms with van der Waals surface area (Å²) in [5, 5.41) is 6.20. The topological polar surface area (TPSA) is 56.9 Å². The lowest BCUT2D eigenvalue weighted by molar-refractivity contribution is -0.118. The largest absolute Gasteiger partial charge is 0.379 e. The molecule has 19 heavy (non-hydrogen) atoms. The van der Waals surface area contributed by atoms with Crippen LogP contribution >= 0.6 is 0 Å². The number of rotatable bonds is 5. The van der Waals surface area contributed by atoms with E-state index in [1.807, 2.05) is 56.4 Å². The lowest BCUT2D eigenvalue weighted by Crippen LogP contribution is -2.17. The maximum Gasteiger partial charge on any atom is 0.226 e. The number of carbonyl (C=O) groups excluding carboxylic acids is 1. The Morgan fingerprint density at radius 1 is 1.21 bits per heavy atom. The fourth-order valence-electron chi connectivity index (χ4n) is 1.67. The Kier molecular flexibility index (Phi) is 4.23. The third-order valence-corrected chi connectivity index (χ3v) is 2.80. The number of aromatic nitrogens is 1. The molecule has 0 atom stereocenters. The average Bonchev–Trinajstić information content (AvgIpc) is 2.90. The molecule has 0 unspecified atom stereocenters. The van der Waals surface area contributed by atoms with E-state index in [4.69, 9.17) is 0 Å². The van der Waals surface area contributed by atoms with Crippen molar-refractivity contribution in [1.82, 2.24) is 4.98 Å². The number of nitrogens with one attached hydrogen (secondary N) is 3. The minimum Gasteiger partial charge on any atom is -0.379 e. The van der Waals surface area contributed by atoms with E-state index in [1.165, 1.54) is 0 Å². The lowest BCUT2D eigenvalue weighted by Gasteiger charge is -2.10. The first-order valence-corrected chi connectivity index (χ1v) is 6.42. The molecule has 0 fully saturated rings. The molecule has 4 heteroatoms. The van der Waals surface area contributed by atoms with Crippen LogP contribution in [0.3, 0.4) is 0 Å². The zero-order valence-corrected chi connectivity index (χ0v) is 11.2. The van der Waals surface area contributed by atoms with Gasteiger partial charge in [0.1, 0.15) is 0 Å². The second kappa shape index (κ2) is 6.09. The maximum absolute atomic E-state index is 11.6. The van der Waals surface area contributed by atoms with Gasteiger partial charge in [0.05, 0.1) is 6.54 Å². The average molecular weight is 257 g/mol. The van der Waals surface area contributed by atoms with E-state index in [-0.39, 0.29) is 11.8 Å². The van der Waals surface area contributed by atoms with Gasteiger partial charge in [-0.3, -0.25) is 4.79 Å². The minimum absolute atomic E-state index is 0.0180. The summed E-state index contributed by atoms with van der Waals surface area (Å²) in [7, 11) is 0. The Bertz CT molecular complexity index is 532. The quantitative estimate of drug-likeness (QED) is 0.770. The van der Waals surface area contributed by atoms with Crippen LogP contribution < -0.4 is 10.6 Å². The smallest absolute Gasteiger partial charge is 0.226 e.